The molecule has 0 aliphatic carbocycles. The van der Waals surface area contributed by atoms with E-state index in [-0.39, 0.29) is 0 Å². The molecule has 5 heteroatoms. The summed E-state index contributed by atoms with van der Waals surface area (Å²) in [6.07, 6.45) is 0. The number of halogens is 1. The highest BCUT2D eigenvalue weighted by atomic mass is 79.9. The molecular formula is C14H13BrN2O2. The van der Waals surface area contributed by atoms with Crippen molar-refractivity contribution in [2.75, 3.05) is 18.2 Å². The molecule has 0 saturated carbocycles. The van der Waals surface area contributed by atoms with E-state index in [0.29, 0.717) is 16.9 Å². The number of esters is 1. The van der Waals surface area contributed by atoms with E-state index in [1.807, 2.05) is 24.3 Å². The number of nitrogen functional groups attached to an aromatic ring is 1. The van der Waals surface area contributed by atoms with Gasteiger partial charge in [0, 0.05) is 10.2 Å². The van der Waals surface area contributed by atoms with Gasteiger partial charge in [0.25, 0.3) is 0 Å². The Kier molecular flexibility index (Phi) is 4.06. The van der Waals surface area contributed by atoms with Crippen LogP contribution < -0.4 is 11.1 Å². The minimum Gasteiger partial charge on any atom is -0.465 e. The number of anilines is 3. The molecule has 0 saturated heterocycles. The van der Waals surface area contributed by atoms with E-state index in [1.165, 1.54) is 7.11 Å². The molecular weight excluding hydrogens is 308 g/mol. The third kappa shape index (κ3) is 3.06. The van der Waals surface area contributed by atoms with Crippen LogP contribution in [0.2, 0.25) is 0 Å². The highest BCUT2D eigenvalue weighted by Crippen LogP contribution is 2.28. The van der Waals surface area contributed by atoms with Crippen LogP contribution in [0.4, 0.5) is 17.1 Å². The zero-order valence-electron chi connectivity index (χ0n) is 10.3. The van der Waals surface area contributed by atoms with Gasteiger partial charge in [0.15, 0.2) is 0 Å². The van der Waals surface area contributed by atoms with Gasteiger partial charge in [-0.05, 0) is 30.3 Å². The average molecular weight is 321 g/mol. The fourth-order valence-electron chi connectivity index (χ4n) is 1.70. The van der Waals surface area contributed by atoms with Crippen LogP contribution in [0.1, 0.15) is 10.4 Å². The third-order valence-electron chi connectivity index (χ3n) is 2.60. The molecule has 19 heavy (non-hydrogen) atoms. The van der Waals surface area contributed by atoms with Crippen molar-refractivity contribution in [3.05, 3.63) is 52.5 Å². The van der Waals surface area contributed by atoms with Crippen molar-refractivity contribution in [2.45, 2.75) is 0 Å². The molecule has 0 amide bonds. The fraction of sp³-hybridized carbons (Fsp3) is 0.0714. The second-order valence-electron chi connectivity index (χ2n) is 3.90. The number of hydrogen-bond acceptors (Lipinski definition) is 4. The Morgan fingerprint density at radius 2 is 2.00 bits per heavy atom. The molecule has 0 aliphatic rings. The van der Waals surface area contributed by atoms with Gasteiger partial charge in [-0.25, -0.2) is 4.79 Å². The van der Waals surface area contributed by atoms with Gasteiger partial charge in [-0.1, -0.05) is 28.1 Å². The zero-order chi connectivity index (χ0) is 13.8. The Hall–Kier alpha value is -2.01. The maximum Gasteiger partial charge on any atom is 0.340 e. The Morgan fingerprint density at radius 1 is 1.26 bits per heavy atom. The van der Waals surface area contributed by atoms with Crippen molar-refractivity contribution in [3.8, 4) is 0 Å². The molecule has 98 valence electrons. The third-order valence-corrected chi connectivity index (χ3v) is 3.09. The second-order valence-corrected chi connectivity index (χ2v) is 4.81. The molecule has 4 nitrogen and oxygen atoms in total. The van der Waals surface area contributed by atoms with E-state index >= 15 is 0 Å². The summed E-state index contributed by atoms with van der Waals surface area (Å²) in [5, 5.41) is 3.14. The number of nitrogens with one attached hydrogen (secondary N) is 1. The first-order valence-electron chi connectivity index (χ1n) is 5.61. The summed E-state index contributed by atoms with van der Waals surface area (Å²) < 4.78 is 5.69. The van der Waals surface area contributed by atoms with Crippen LogP contribution in [-0.4, -0.2) is 13.1 Å². The first-order valence-corrected chi connectivity index (χ1v) is 6.40. The number of para-hydroxylation sites is 1. The van der Waals surface area contributed by atoms with Gasteiger partial charge in [0.05, 0.1) is 24.0 Å². The minimum atomic E-state index is -0.426. The summed E-state index contributed by atoms with van der Waals surface area (Å²) in [5.41, 5.74) is 8.19. The molecule has 2 aromatic rings. The van der Waals surface area contributed by atoms with Crippen LogP contribution in [0.3, 0.4) is 0 Å². The van der Waals surface area contributed by atoms with Gasteiger partial charge in [0.1, 0.15) is 0 Å². The molecule has 2 rings (SSSR count). The highest BCUT2D eigenvalue weighted by Gasteiger charge is 2.14. The predicted molar refractivity (Wildman–Crippen MR) is 79.6 cm³/mol. The van der Waals surface area contributed by atoms with Crippen molar-refractivity contribution in [1.82, 2.24) is 0 Å². The van der Waals surface area contributed by atoms with Crippen LogP contribution in [0.5, 0.6) is 0 Å². The van der Waals surface area contributed by atoms with Gasteiger partial charge in [-0.2, -0.15) is 0 Å². The smallest absolute Gasteiger partial charge is 0.340 e. The summed E-state index contributed by atoms with van der Waals surface area (Å²) in [5.74, 6) is -0.426. The van der Waals surface area contributed by atoms with E-state index in [1.54, 1.807) is 18.2 Å². The fourth-order valence-corrected chi connectivity index (χ4v) is 2.10. The largest absolute Gasteiger partial charge is 0.465 e. The molecule has 0 unspecified atom stereocenters. The Labute approximate surface area is 119 Å². The van der Waals surface area contributed by atoms with Crippen molar-refractivity contribution in [3.63, 3.8) is 0 Å². The summed E-state index contributed by atoms with van der Waals surface area (Å²) in [4.78, 5) is 11.7. The SMILES string of the molecule is COC(=O)c1cccc(N)c1Nc1cccc(Br)c1. The lowest BCUT2D eigenvalue weighted by molar-refractivity contribution is 0.0602. The van der Waals surface area contributed by atoms with Gasteiger partial charge >= 0.3 is 5.97 Å². The second kappa shape index (κ2) is 5.75. The van der Waals surface area contributed by atoms with Gasteiger partial charge in [0.2, 0.25) is 0 Å². The lowest BCUT2D eigenvalue weighted by Crippen LogP contribution is -2.07. The molecule has 0 atom stereocenters. The first kappa shape index (κ1) is 13.4. The van der Waals surface area contributed by atoms with Crippen LogP contribution >= 0.6 is 15.9 Å². The molecule has 0 bridgehead atoms. The van der Waals surface area contributed by atoms with Crippen LogP contribution in [0.15, 0.2) is 46.9 Å². The van der Waals surface area contributed by atoms with Crippen LogP contribution in [-0.2, 0) is 4.74 Å². The molecule has 2 aromatic carbocycles. The Balaban J connectivity index is 2.41. The highest BCUT2D eigenvalue weighted by molar-refractivity contribution is 9.10. The lowest BCUT2D eigenvalue weighted by Gasteiger charge is -2.13. The molecule has 0 fully saturated rings. The first-order chi connectivity index (χ1) is 9.11. The van der Waals surface area contributed by atoms with Gasteiger partial charge < -0.3 is 15.8 Å². The Morgan fingerprint density at radius 3 is 2.68 bits per heavy atom. The summed E-state index contributed by atoms with van der Waals surface area (Å²) in [6, 6.07) is 12.7. The van der Waals surface area contributed by atoms with E-state index in [0.717, 1.165) is 10.2 Å². The topological polar surface area (TPSA) is 64.3 Å². The van der Waals surface area contributed by atoms with Crippen molar-refractivity contribution < 1.29 is 9.53 Å². The monoisotopic (exact) mass is 320 g/mol. The average Bonchev–Trinajstić information content (AvgIpc) is 2.40. The number of carbonyl (C=O) groups excluding carboxylic acids is 1. The Bertz CT molecular complexity index is 614. The van der Waals surface area contributed by atoms with Crippen molar-refractivity contribution in [2.24, 2.45) is 0 Å². The zero-order valence-corrected chi connectivity index (χ0v) is 11.9. The maximum absolute atomic E-state index is 11.7. The maximum atomic E-state index is 11.7. The summed E-state index contributed by atoms with van der Waals surface area (Å²) in [7, 11) is 1.34. The van der Waals surface area contributed by atoms with E-state index in [2.05, 4.69) is 21.2 Å². The number of hydrogen-bond donors (Lipinski definition) is 2. The molecule has 0 heterocycles. The van der Waals surface area contributed by atoms with Gasteiger partial charge in [-0.15, -0.1) is 0 Å². The molecule has 0 spiro atoms. The van der Waals surface area contributed by atoms with Crippen molar-refractivity contribution >= 4 is 39.0 Å². The standard InChI is InChI=1S/C14H13BrN2O2/c1-19-14(18)11-6-3-7-12(16)13(11)17-10-5-2-4-9(15)8-10/h2-8,17H,16H2,1H3. The predicted octanol–water partition coefficient (Wildman–Crippen LogP) is 3.56. The molecule has 3 N–H and O–H groups in total. The van der Waals surface area contributed by atoms with Gasteiger partial charge in [-0.3, -0.25) is 0 Å². The number of methoxy groups -OCH3 is 1. The van der Waals surface area contributed by atoms with Crippen LogP contribution in [0, 0.1) is 0 Å². The molecule has 0 aromatic heterocycles. The number of ether oxygens (including phenoxy) is 1. The van der Waals surface area contributed by atoms with Crippen LogP contribution in [0.25, 0.3) is 0 Å². The number of benzene rings is 2. The normalized spacial score (nSPS) is 10.0. The molecule has 0 aliphatic heterocycles. The quantitative estimate of drug-likeness (QED) is 0.670. The number of carbonyl (C=O) groups is 1. The summed E-state index contributed by atoms with van der Waals surface area (Å²) in [6.45, 7) is 0. The van der Waals surface area contributed by atoms with E-state index < -0.39 is 5.97 Å². The van der Waals surface area contributed by atoms with E-state index in [4.69, 9.17) is 10.5 Å². The lowest BCUT2D eigenvalue weighted by atomic mass is 10.1. The summed E-state index contributed by atoms with van der Waals surface area (Å²) >= 11 is 3.39. The number of nitrogens with two attached hydrogens (primary N) is 1. The van der Waals surface area contributed by atoms with Crippen molar-refractivity contribution in [1.29, 1.82) is 0 Å². The minimum absolute atomic E-state index is 0.405. The number of rotatable bonds is 3. The molecule has 0 radical (unpaired) electrons. The van der Waals surface area contributed by atoms with E-state index in [9.17, 15) is 4.79 Å².